The predicted molar refractivity (Wildman–Crippen MR) is 160 cm³/mol. The molecule has 4 unspecified atom stereocenters. The highest BCUT2D eigenvalue weighted by Gasteiger charge is 2.70. The van der Waals surface area contributed by atoms with Gasteiger partial charge in [-0.15, -0.1) is 0 Å². The number of ether oxygens (including phenoxy) is 5. The fourth-order valence-electron chi connectivity index (χ4n) is 5.43. The van der Waals surface area contributed by atoms with Crippen LogP contribution >= 0.6 is 0 Å². The molecule has 1 aliphatic carbocycles. The average molecular weight is 607 g/mol. The van der Waals surface area contributed by atoms with Crippen LogP contribution in [0.4, 0.5) is 0 Å². The minimum Gasteiger partial charge on any atom is -0.459 e. The van der Waals surface area contributed by atoms with Crippen molar-refractivity contribution in [1.29, 1.82) is 0 Å². The van der Waals surface area contributed by atoms with E-state index in [2.05, 4.69) is 0 Å². The Hall–Kier alpha value is -5.28. The topological polar surface area (TPSA) is 114 Å². The highest BCUT2D eigenvalue weighted by Crippen LogP contribution is 2.53. The Morgan fingerprint density at radius 3 is 1.47 bits per heavy atom. The molecule has 4 atom stereocenters. The first-order valence-electron chi connectivity index (χ1n) is 14.6. The minimum atomic E-state index is -1.74. The van der Waals surface area contributed by atoms with Gasteiger partial charge in [-0.1, -0.05) is 72.8 Å². The number of hydrogen-bond acceptors (Lipinski definition) is 9. The molecule has 1 heterocycles. The number of esters is 4. The summed E-state index contributed by atoms with van der Waals surface area (Å²) >= 11 is 0. The first kappa shape index (κ1) is 29.8. The number of benzene rings is 4. The van der Waals surface area contributed by atoms with Gasteiger partial charge in [-0.2, -0.15) is 0 Å². The first-order valence-corrected chi connectivity index (χ1v) is 14.6. The van der Waals surface area contributed by atoms with Gasteiger partial charge < -0.3 is 23.7 Å². The van der Waals surface area contributed by atoms with Gasteiger partial charge in [-0.3, -0.25) is 0 Å². The second kappa shape index (κ2) is 13.2. The minimum absolute atomic E-state index is 0.247. The molecule has 45 heavy (non-hydrogen) atoms. The molecule has 228 valence electrons. The Morgan fingerprint density at radius 2 is 1.00 bits per heavy atom. The summed E-state index contributed by atoms with van der Waals surface area (Å²) in [6.45, 7) is -0.378. The molecule has 1 saturated carbocycles. The Bertz CT molecular complexity index is 1640. The van der Waals surface area contributed by atoms with Crippen molar-refractivity contribution in [2.24, 2.45) is 5.92 Å². The van der Waals surface area contributed by atoms with Gasteiger partial charge in [-0.05, 0) is 61.4 Å². The van der Waals surface area contributed by atoms with Crippen LogP contribution in [-0.4, -0.2) is 54.6 Å². The van der Waals surface area contributed by atoms with E-state index in [1.165, 1.54) is 0 Å². The van der Waals surface area contributed by atoms with Crippen LogP contribution in [0.3, 0.4) is 0 Å². The lowest BCUT2D eigenvalue weighted by atomic mass is 9.88. The van der Waals surface area contributed by atoms with Crippen molar-refractivity contribution in [2.45, 2.75) is 36.9 Å². The summed E-state index contributed by atoms with van der Waals surface area (Å²) in [7, 11) is 0. The van der Waals surface area contributed by atoms with Crippen LogP contribution in [0.25, 0.3) is 0 Å². The molecule has 0 aromatic heterocycles. The smallest absolute Gasteiger partial charge is 0.340 e. The number of carbonyl (C=O) groups is 4. The molecule has 0 amide bonds. The predicted octanol–water partition coefficient (Wildman–Crippen LogP) is 5.66. The Labute approximate surface area is 259 Å². The Morgan fingerprint density at radius 1 is 0.578 bits per heavy atom. The van der Waals surface area contributed by atoms with Crippen LogP contribution in [0, 0.1) is 5.92 Å². The number of rotatable bonds is 10. The van der Waals surface area contributed by atoms with Crippen molar-refractivity contribution < 1.29 is 42.9 Å². The van der Waals surface area contributed by atoms with Gasteiger partial charge in [0.25, 0.3) is 0 Å². The van der Waals surface area contributed by atoms with E-state index in [4.69, 9.17) is 23.7 Å². The van der Waals surface area contributed by atoms with E-state index >= 15 is 0 Å². The molecule has 9 heteroatoms. The third-order valence-corrected chi connectivity index (χ3v) is 7.80. The lowest BCUT2D eigenvalue weighted by molar-refractivity contribution is -0.189. The molecular weight excluding hydrogens is 576 g/mol. The molecule has 0 spiro atoms. The van der Waals surface area contributed by atoms with Crippen molar-refractivity contribution in [3.63, 3.8) is 0 Å². The van der Waals surface area contributed by atoms with Gasteiger partial charge in [0, 0.05) is 5.92 Å². The standard InChI is InChI=1S/C36H30O9/c37-31(24-13-5-1-6-14-24)41-23-29-30(43-32(38)25-15-7-2-8-16-25)36(28-21-22-28,45-34(40)27-19-11-4-12-20-27)35(42-29)44-33(39)26-17-9-3-10-18-26/h1-20,28-30,35H,21-23H2. The maximum absolute atomic E-state index is 13.7. The van der Waals surface area contributed by atoms with Gasteiger partial charge in [0.1, 0.15) is 12.7 Å². The fourth-order valence-corrected chi connectivity index (χ4v) is 5.43. The molecule has 4 aromatic carbocycles. The van der Waals surface area contributed by atoms with Crippen molar-refractivity contribution in [3.8, 4) is 0 Å². The second-order valence-corrected chi connectivity index (χ2v) is 10.8. The molecule has 9 nitrogen and oxygen atoms in total. The van der Waals surface area contributed by atoms with E-state index in [1.54, 1.807) is 121 Å². The molecule has 1 aliphatic heterocycles. The molecule has 0 radical (unpaired) electrons. The molecular formula is C36H30O9. The van der Waals surface area contributed by atoms with E-state index in [1.807, 2.05) is 0 Å². The first-order chi connectivity index (χ1) is 22.0. The Balaban J connectivity index is 1.38. The van der Waals surface area contributed by atoms with Crippen LogP contribution < -0.4 is 0 Å². The summed E-state index contributed by atoms with van der Waals surface area (Å²) < 4.78 is 30.2. The highest BCUT2D eigenvalue weighted by atomic mass is 16.8. The lowest BCUT2D eigenvalue weighted by Gasteiger charge is -2.37. The van der Waals surface area contributed by atoms with Gasteiger partial charge >= 0.3 is 23.9 Å². The second-order valence-electron chi connectivity index (χ2n) is 10.8. The van der Waals surface area contributed by atoms with Crippen LogP contribution in [0.15, 0.2) is 121 Å². The zero-order chi connectivity index (χ0) is 31.2. The quantitative estimate of drug-likeness (QED) is 0.167. The maximum Gasteiger partial charge on any atom is 0.340 e. The van der Waals surface area contributed by atoms with Crippen LogP contribution in [0.5, 0.6) is 0 Å². The summed E-state index contributed by atoms with van der Waals surface area (Å²) in [6, 6.07) is 33.3. The molecule has 6 rings (SSSR count). The SMILES string of the molecule is O=C(OCC1OC(OC(=O)c2ccccc2)C(OC(=O)c2ccccc2)(C2CC2)C1OC(=O)c1ccccc1)c1ccccc1. The van der Waals surface area contributed by atoms with E-state index in [9.17, 15) is 19.2 Å². The summed E-state index contributed by atoms with van der Waals surface area (Å²) in [4.78, 5) is 53.4. The highest BCUT2D eigenvalue weighted by molar-refractivity contribution is 5.92. The fraction of sp³-hybridized carbons (Fsp3) is 0.222. The number of carbonyl (C=O) groups excluding carboxylic acids is 4. The van der Waals surface area contributed by atoms with Crippen molar-refractivity contribution in [1.82, 2.24) is 0 Å². The van der Waals surface area contributed by atoms with Crippen molar-refractivity contribution in [2.75, 3.05) is 6.61 Å². The maximum atomic E-state index is 13.7. The molecule has 0 N–H and O–H groups in total. The van der Waals surface area contributed by atoms with Crippen LogP contribution in [-0.2, 0) is 23.7 Å². The monoisotopic (exact) mass is 606 g/mol. The van der Waals surface area contributed by atoms with Crippen LogP contribution in [0.2, 0.25) is 0 Å². The molecule has 4 aromatic rings. The van der Waals surface area contributed by atoms with Crippen molar-refractivity contribution in [3.05, 3.63) is 144 Å². The normalized spacial score (nSPS) is 22.2. The Kier molecular flexibility index (Phi) is 8.70. The summed E-state index contributed by atoms with van der Waals surface area (Å²) in [5.74, 6) is -3.16. The van der Waals surface area contributed by atoms with E-state index < -0.39 is 48.0 Å². The summed E-state index contributed by atoms with van der Waals surface area (Å²) in [5, 5.41) is 0. The molecule has 2 aliphatic rings. The molecule has 2 fully saturated rings. The molecule has 1 saturated heterocycles. The third-order valence-electron chi connectivity index (χ3n) is 7.80. The van der Waals surface area contributed by atoms with Gasteiger partial charge in [0.05, 0.1) is 22.3 Å². The number of hydrogen-bond donors (Lipinski definition) is 0. The lowest BCUT2D eigenvalue weighted by Crippen LogP contribution is -2.57. The van der Waals surface area contributed by atoms with Gasteiger partial charge in [0.2, 0.25) is 11.9 Å². The third kappa shape index (κ3) is 6.49. The van der Waals surface area contributed by atoms with Crippen molar-refractivity contribution >= 4 is 23.9 Å². The summed E-state index contributed by atoms with van der Waals surface area (Å²) in [5.41, 5.74) is -0.688. The van der Waals surface area contributed by atoms with E-state index in [0.717, 1.165) is 0 Å². The van der Waals surface area contributed by atoms with Gasteiger partial charge in [0.15, 0.2) is 6.10 Å². The van der Waals surface area contributed by atoms with E-state index in [-0.39, 0.29) is 29.2 Å². The zero-order valence-electron chi connectivity index (χ0n) is 24.2. The van der Waals surface area contributed by atoms with E-state index in [0.29, 0.717) is 18.4 Å². The van der Waals surface area contributed by atoms with Gasteiger partial charge in [-0.25, -0.2) is 19.2 Å². The average Bonchev–Trinajstić information content (AvgIpc) is 3.91. The zero-order valence-corrected chi connectivity index (χ0v) is 24.2. The summed E-state index contributed by atoms with van der Waals surface area (Å²) in [6.07, 6.45) is -2.77. The largest absolute Gasteiger partial charge is 0.459 e. The van der Waals surface area contributed by atoms with Crippen LogP contribution in [0.1, 0.15) is 54.3 Å². The molecule has 0 bridgehead atoms.